The minimum atomic E-state index is -0.543. The number of methoxy groups -OCH3 is 1. The van der Waals surface area contributed by atoms with Crippen LogP contribution in [0.4, 0.5) is 0 Å². The van der Waals surface area contributed by atoms with Crippen LogP contribution in [0.3, 0.4) is 0 Å². The van der Waals surface area contributed by atoms with Crippen molar-refractivity contribution in [3.63, 3.8) is 0 Å². The second-order valence-corrected chi connectivity index (χ2v) is 9.18. The van der Waals surface area contributed by atoms with Crippen LogP contribution in [-0.4, -0.2) is 36.1 Å². The van der Waals surface area contributed by atoms with E-state index in [-0.39, 0.29) is 46.1 Å². The monoisotopic (exact) mass is 450 g/mol. The molecule has 2 amide bonds. The molecule has 8 heteroatoms. The van der Waals surface area contributed by atoms with Gasteiger partial charge in [-0.05, 0) is 60.4 Å². The molecular weight excluding hydrogens is 432 g/mol. The number of allylic oxidation sites excluding steroid dienone is 2. The molecule has 2 bridgehead atoms. The number of hydrazone groups is 1. The van der Waals surface area contributed by atoms with E-state index >= 15 is 0 Å². The highest BCUT2D eigenvalue weighted by molar-refractivity contribution is 6.33. The smallest absolute Gasteiger partial charge is 0.339 e. The molecule has 0 radical (unpaired) electrons. The third kappa shape index (κ3) is 2.73. The van der Waals surface area contributed by atoms with E-state index < -0.39 is 5.97 Å². The summed E-state index contributed by atoms with van der Waals surface area (Å²) in [5.74, 6) is 0.763. The molecule has 1 aromatic carbocycles. The Kier molecular flexibility index (Phi) is 4.21. The summed E-state index contributed by atoms with van der Waals surface area (Å²) in [6.07, 6.45) is 6.76. The Bertz CT molecular complexity index is 1190. The van der Waals surface area contributed by atoms with Gasteiger partial charge in [-0.15, -0.1) is 0 Å². The molecular formula is C24H19ClN2O5. The number of hydrogen-bond acceptors (Lipinski definition) is 6. The molecule has 0 N–H and O–H groups in total. The van der Waals surface area contributed by atoms with Crippen molar-refractivity contribution in [3.8, 4) is 11.3 Å². The lowest BCUT2D eigenvalue weighted by molar-refractivity contribution is -0.140. The van der Waals surface area contributed by atoms with Crippen molar-refractivity contribution in [2.45, 2.75) is 6.42 Å². The fourth-order valence-electron chi connectivity index (χ4n) is 5.69. The molecule has 6 atom stereocenters. The van der Waals surface area contributed by atoms with Crippen LogP contribution in [0, 0.1) is 35.5 Å². The fourth-order valence-corrected chi connectivity index (χ4v) is 5.89. The van der Waals surface area contributed by atoms with Gasteiger partial charge >= 0.3 is 5.97 Å². The number of carbonyl (C=O) groups excluding carboxylic acids is 3. The van der Waals surface area contributed by atoms with Gasteiger partial charge in [0, 0.05) is 5.56 Å². The molecule has 1 saturated heterocycles. The first-order chi connectivity index (χ1) is 15.5. The topological polar surface area (TPSA) is 89.2 Å². The first kappa shape index (κ1) is 19.5. The van der Waals surface area contributed by atoms with Crippen LogP contribution in [0.1, 0.15) is 22.5 Å². The van der Waals surface area contributed by atoms with E-state index in [1.807, 2.05) is 0 Å². The van der Waals surface area contributed by atoms with Crippen LogP contribution in [0.15, 0.2) is 52.0 Å². The molecule has 7 rings (SSSR count). The van der Waals surface area contributed by atoms with Gasteiger partial charge in [0.1, 0.15) is 11.5 Å². The summed E-state index contributed by atoms with van der Waals surface area (Å²) >= 11 is 6.07. The zero-order valence-corrected chi connectivity index (χ0v) is 17.9. The van der Waals surface area contributed by atoms with Gasteiger partial charge in [-0.1, -0.05) is 23.8 Å². The Balaban J connectivity index is 1.23. The van der Waals surface area contributed by atoms with Gasteiger partial charge < -0.3 is 9.15 Å². The van der Waals surface area contributed by atoms with E-state index in [0.29, 0.717) is 28.9 Å². The third-order valence-electron chi connectivity index (χ3n) is 7.22. The standard InChI is InChI=1S/C24H19ClN2O5/c1-31-24(30)17-8-11(2-6-18(17)25)19-7-3-12(32-19)10-26-27-22(28)20-13-4-5-14(16-9-15(13)16)21(20)23(27)29/h2-8,10,13-16,20-21H,9H2,1H3/b26-10+/t13-,14-,15-,16-,20+,21+/m1/s1. The van der Waals surface area contributed by atoms with E-state index in [1.54, 1.807) is 30.3 Å². The lowest BCUT2D eigenvalue weighted by Crippen LogP contribution is -2.40. The van der Waals surface area contributed by atoms with Crippen LogP contribution in [0.2, 0.25) is 5.02 Å². The number of imide groups is 1. The van der Waals surface area contributed by atoms with Gasteiger partial charge in [0.25, 0.3) is 11.8 Å². The van der Waals surface area contributed by atoms with E-state index in [4.69, 9.17) is 20.8 Å². The molecule has 1 aromatic heterocycles. The minimum absolute atomic E-state index is 0.163. The second-order valence-electron chi connectivity index (χ2n) is 8.78. The summed E-state index contributed by atoms with van der Waals surface area (Å²) in [7, 11) is 1.29. The number of carbonyl (C=O) groups is 3. The molecule has 2 heterocycles. The summed E-state index contributed by atoms with van der Waals surface area (Å²) in [4.78, 5) is 37.9. The molecule has 0 unspecified atom stereocenters. The number of nitrogens with zero attached hydrogens (tertiary/aromatic N) is 2. The van der Waals surface area contributed by atoms with Gasteiger partial charge in [0.15, 0.2) is 0 Å². The number of ether oxygens (including phenoxy) is 1. The Morgan fingerprint density at radius 2 is 1.81 bits per heavy atom. The molecule has 4 aliphatic carbocycles. The highest BCUT2D eigenvalue weighted by Crippen LogP contribution is 2.65. The number of rotatable bonds is 4. The minimum Gasteiger partial charge on any atom is -0.465 e. The number of halogens is 1. The maximum atomic E-state index is 13.0. The zero-order chi connectivity index (χ0) is 22.1. The lowest BCUT2D eigenvalue weighted by Gasteiger charge is -2.37. The quantitative estimate of drug-likeness (QED) is 0.306. The Hall–Kier alpha value is -3.19. The average Bonchev–Trinajstić information content (AvgIpc) is 3.44. The van der Waals surface area contributed by atoms with Crippen molar-refractivity contribution in [2.75, 3.05) is 7.11 Å². The fraction of sp³-hybridized carbons (Fsp3) is 0.333. The van der Waals surface area contributed by atoms with Gasteiger partial charge in [-0.3, -0.25) is 9.59 Å². The van der Waals surface area contributed by atoms with Crippen molar-refractivity contribution < 1.29 is 23.5 Å². The highest BCUT2D eigenvalue weighted by Gasteiger charge is 2.67. The van der Waals surface area contributed by atoms with Gasteiger partial charge in [-0.25, -0.2) is 4.79 Å². The summed E-state index contributed by atoms with van der Waals surface area (Å²) in [5, 5.41) is 5.49. The van der Waals surface area contributed by atoms with E-state index in [0.717, 1.165) is 11.4 Å². The largest absolute Gasteiger partial charge is 0.465 e. The van der Waals surface area contributed by atoms with Crippen LogP contribution in [0.5, 0.6) is 0 Å². The van der Waals surface area contributed by atoms with Crippen LogP contribution in [-0.2, 0) is 14.3 Å². The maximum Gasteiger partial charge on any atom is 0.339 e. The lowest BCUT2D eigenvalue weighted by atomic mass is 9.63. The van der Waals surface area contributed by atoms with Crippen LogP contribution < -0.4 is 0 Å². The second kappa shape index (κ2) is 6.90. The molecule has 2 aromatic rings. The first-order valence-electron chi connectivity index (χ1n) is 10.6. The zero-order valence-electron chi connectivity index (χ0n) is 17.1. The van der Waals surface area contributed by atoms with Crippen molar-refractivity contribution in [1.82, 2.24) is 5.01 Å². The maximum absolute atomic E-state index is 13.0. The predicted molar refractivity (Wildman–Crippen MR) is 115 cm³/mol. The Labute approximate surface area is 188 Å². The van der Waals surface area contributed by atoms with Crippen molar-refractivity contribution in [2.24, 2.45) is 40.6 Å². The molecule has 2 saturated carbocycles. The number of amides is 2. The highest BCUT2D eigenvalue weighted by atomic mass is 35.5. The summed E-state index contributed by atoms with van der Waals surface area (Å²) < 4.78 is 10.5. The van der Waals surface area contributed by atoms with E-state index in [9.17, 15) is 14.4 Å². The number of esters is 1. The predicted octanol–water partition coefficient (Wildman–Crippen LogP) is 3.77. The Morgan fingerprint density at radius 1 is 1.12 bits per heavy atom. The van der Waals surface area contributed by atoms with Crippen LogP contribution in [0.25, 0.3) is 11.3 Å². The van der Waals surface area contributed by atoms with Gasteiger partial charge in [0.2, 0.25) is 0 Å². The molecule has 1 aliphatic heterocycles. The molecule has 0 spiro atoms. The molecule has 5 aliphatic rings. The average molecular weight is 451 g/mol. The van der Waals surface area contributed by atoms with E-state index in [2.05, 4.69) is 17.3 Å². The van der Waals surface area contributed by atoms with Gasteiger partial charge in [-0.2, -0.15) is 10.1 Å². The number of hydrogen-bond donors (Lipinski definition) is 0. The molecule has 7 nitrogen and oxygen atoms in total. The number of benzene rings is 1. The van der Waals surface area contributed by atoms with Crippen molar-refractivity contribution >= 4 is 35.6 Å². The van der Waals surface area contributed by atoms with Crippen molar-refractivity contribution in [1.29, 1.82) is 0 Å². The van der Waals surface area contributed by atoms with Crippen molar-refractivity contribution in [3.05, 3.63) is 58.8 Å². The number of furan rings is 1. The van der Waals surface area contributed by atoms with Crippen LogP contribution >= 0.6 is 11.6 Å². The van der Waals surface area contributed by atoms with Gasteiger partial charge in [0.05, 0.1) is 35.7 Å². The summed E-state index contributed by atoms with van der Waals surface area (Å²) in [5.41, 5.74) is 0.867. The third-order valence-corrected chi connectivity index (χ3v) is 7.55. The summed E-state index contributed by atoms with van der Waals surface area (Å²) in [6.45, 7) is 0. The van der Waals surface area contributed by atoms with E-state index in [1.165, 1.54) is 13.3 Å². The normalized spacial score (nSPS) is 31.9. The Morgan fingerprint density at radius 3 is 2.47 bits per heavy atom. The molecule has 32 heavy (non-hydrogen) atoms. The molecule has 3 fully saturated rings. The first-order valence-corrected chi connectivity index (χ1v) is 10.9. The SMILES string of the molecule is COC(=O)c1cc(-c2ccc(/C=N/N3C(=O)[C@H]4[C@@H]5C=C[C@H]([C@H]6C[C@H]56)[C@@H]4C3=O)o2)ccc1Cl. The summed E-state index contributed by atoms with van der Waals surface area (Å²) in [6, 6.07) is 8.30. The molecule has 162 valence electrons.